The Balaban J connectivity index is 1.21. The fraction of sp³-hybridized carbons (Fsp3) is 0.346. The van der Waals surface area contributed by atoms with E-state index in [-0.39, 0.29) is 44.2 Å². The highest BCUT2D eigenvalue weighted by Crippen LogP contribution is 2.44. The van der Waals surface area contributed by atoms with Crippen molar-refractivity contribution >= 4 is 18.0 Å². The third-order valence-electron chi connectivity index (χ3n) is 6.28. The zero-order chi connectivity index (χ0) is 24.1. The number of ether oxygens (including phenoxy) is 2. The first-order chi connectivity index (χ1) is 16.4. The van der Waals surface area contributed by atoms with Crippen molar-refractivity contribution < 1.29 is 29.0 Å². The van der Waals surface area contributed by atoms with Crippen molar-refractivity contribution in [3.05, 3.63) is 71.3 Å². The van der Waals surface area contributed by atoms with Crippen LogP contribution < -0.4 is 10.6 Å². The molecule has 8 nitrogen and oxygen atoms in total. The Morgan fingerprint density at radius 1 is 1.06 bits per heavy atom. The molecule has 0 radical (unpaired) electrons. The Kier molecular flexibility index (Phi) is 7.27. The van der Waals surface area contributed by atoms with Crippen molar-refractivity contribution in [2.24, 2.45) is 5.92 Å². The van der Waals surface area contributed by atoms with Crippen molar-refractivity contribution in [3.8, 4) is 11.1 Å². The minimum absolute atomic E-state index is 0.0141. The number of benzene rings is 2. The molecule has 3 N–H and O–H groups in total. The molecule has 0 saturated carbocycles. The molecule has 2 aromatic carbocycles. The fourth-order valence-electron chi connectivity index (χ4n) is 4.40. The van der Waals surface area contributed by atoms with Crippen molar-refractivity contribution in [1.82, 2.24) is 10.6 Å². The van der Waals surface area contributed by atoms with Gasteiger partial charge in [-0.1, -0.05) is 54.6 Å². The summed E-state index contributed by atoms with van der Waals surface area (Å²) in [5, 5.41) is 14.4. The Bertz CT molecular complexity index is 1070. The third-order valence-corrected chi connectivity index (χ3v) is 6.28. The second-order valence-electron chi connectivity index (χ2n) is 8.53. The summed E-state index contributed by atoms with van der Waals surface area (Å²) < 4.78 is 10.9. The molecule has 1 aliphatic heterocycles. The minimum Gasteiger partial charge on any atom is -0.481 e. The molecule has 1 heterocycles. The monoisotopic (exact) mass is 464 g/mol. The van der Waals surface area contributed by atoms with Crippen LogP contribution in [0.25, 0.3) is 11.1 Å². The van der Waals surface area contributed by atoms with E-state index in [0.717, 1.165) is 22.3 Å². The smallest absolute Gasteiger partial charge is 0.407 e. The van der Waals surface area contributed by atoms with E-state index >= 15 is 0 Å². The number of carboxylic acid groups (broad SMARTS) is 1. The summed E-state index contributed by atoms with van der Waals surface area (Å²) in [4.78, 5) is 35.4. The summed E-state index contributed by atoms with van der Waals surface area (Å²) in [5.41, 5.74) is 5.05. The van der Waals surface area contributed by atoms with Crippen LogP contribution >= 0.6 is 0 Å². The summed E-state index contributed by atoms with van der Waals surface area (Å²) >= 11 is 0. The number of alkyl carbamates (subject to hydrolysis) is 1. The molecule has 34 heavy (non-hydrogen) atoms. The van der Waals surface area contributed by atoms with E-state index in [1.165, 1.54) is 0 Å². The van der Waals surface area contributed by atoms with Gasteiger partial charge in [-0.3, -0.25) is 9.59 Å². The second kappa shape index (κ2) is 10.5. The van der Waals surface area contributed by atoms with Gasteiger partial charge in [-0.05, 0) is 35.6 Å². The zero-order valence-electron chi connectivity index (χ0n) is 19.0. The first-order valence-electron chi connectivity index (χ1n) is 11.3. The van der Waals surface area contributed by atoms with Gasteiger partial charge in [0.15, 0.2) is 0 Å². The van der Waals surface area contributed by atoms with Gasteiger partial charge < -0.3 is 25.2 Å². The lowest BCUT2D eigenvalue weighted by atomic mass is 9.98. The number of carbonyl (C=O) groups excluding carboxylic acids is 2. The van der Waals surface area contributed by atoms with E-state index in [4.69, 9.17) is 14.6 Å². The first kappa shape index (κ1) is 23.5. The van der Waals surface area contributed by atoms with E-state index in [2.05, 4.69) is 34.9 Å². The maximum absolute atomic E-state index is 12.2. The standard InChI is InChI=1S/C26H28N2O6/c1-16(24(29)28-13-18-12-17(14-33-18)25(30)31)10-11-27-26(32)34-15-23-21-8-4-2-6-19(21)20-7-3-5-9-22(20)23/h2-10,17-18,23H,11-15H2,1H3,(H,27,32)(H,28,29)(H,30,31)/b16-10+/t17-,18-/m1/s1. The molecule has 0 unspecified atom stereocenters. The van der Waals surface area contributed by atoms with Gasteiger partial charge in [0.1, 0.15) is 6.61 Å². The molecule has 2 aromatic rings. The number of carboxylic acids is 1. The Labute approximate surface area is 198 Å². The van der Waals surface area contributed by atoms with E-state index in [1.807, 2.05) is 24.3 Å². The van der Waals surface area contributed by atoms with Crippen molar-refractivity contribution in [1.29, 1.82) is 0 Å². The van der Waals surface area contributed by atoms with Crippen molar-refractivity contribution in [2.45, 2.75) is 25.4 Å². The number of hydrogen-bond donors (Lipinski definition) is 3. The number of hydrogen-bond acceptors (Lipinski definition) is 5. The van der Waals surface area contributed by atoms with Crippen molar-refractivity contribution in [3.63, 3.8) is 0 Å². The van der Waals surface area contributed by atoms with Crippen LogP contribution in [0.4, 0.5) is 4.79 Å². The maximum Gasteiger partial charge on any atom is 0.407 e. The molecule has 1 fully saturated rings. The summed E-state index contributed by atoms with van der Waals surface area (Å²) in [6, 6.07) is 16.3. The van der Waals surface area contributed by atoms with Gasteiger partial charge in [0.2, 0.25) is 5.91 Å². The van der Waals surface area contributed by atoms with Crippen molar-refractivity contribution in [2.75, 3.05) is 26.3 Å². The molecule has 2 amide bonds. The average molecular weight is 465 g/mol. The zero-order valence-corrected chi connectivity index (χ0v) is 19.0. The van der Waals surface area contributed by atoms with Crippen LogP contribution in [0.2, 0.25) is 0 Å². The molecule has 8 heteroatoms. The molecule has 1 aliphatic carbocycles. The van der Waals surface area contributed by atoms with Crippen LogP contribution in [0.5, 0.6) is 0 Å². The molecular formula is C26H28N2O6. The summed E-state index contributed by atoms with van der Waals surface area (Å²) in [5.74, 6) is -1.72. The fourth-order valence-corrected chi connectivity index (χ4v) is 4.40. The molecule has 2 aliphatic rings. The highest BCUT2D eigenvalue weighted by Gasteiger charge is 2.31. The number of amides is 2. The third kappa shape index (κ3) is 5.28. The highest BCUT2D eigenvalue weighted by atomic mass is 16.5. The molecule has 0 bridgehead atoms. The quantitative estimate of drug-likeness (QED) is 0.518. The SMILES string of the molecule is C/C(=C\CNC(=O)OCC1c2ccccc2-c2ccccc21)C(=O)NC[C@H]1C[C@@H](C(=O)O)CO1. The van der Waals surface area contributed by atoms with Gasteiger partial charge in [-0.25, -0.2) is 4.79 Å². The largest absolute Gasteiger partial charge is 0.481 e. The lowest BCUT2D eigenvalue weighted by molar-refractivity contribution is -0.141. The van der Waals surface area contributed by atoms with Crippen LogP contribution in [0.15, 0.2) is 60.2 Å². The lowest BCUT2D eigenvalue weighted by Crippen LogP contribution is -2.33. The van der Waals surface area contributed by atoms with Gasteiger partial charge in [0, 0.05) is 24.6 Å². The van der Waals surface area contributed by atoms with Gasteiger partial charge in [-0.2, -0.15) is 0 Å². The predicted octanol–water partition coefficient (Wildman–Crippen LogP) is 3.08. The van der Waals surface area contributed by atoms with E-state index < -0.39 is 18.0 Å². The van der Waals surface area contributed by atoms with Crippen LogP contribution in [0, 0.1) is 5.92 Å². The molecule has 0 aromatic heterocycles. The van der Waals surface area contributed by atoms with Gasteiger partial charge in [0.05, 0.1) is 18.6 Å². The summed E-state index contributed by atoms with van der Waals surface area (Å²) in [6.07, 6.45) is 1.12. The first-order valence-corrected chi connectivity index (χ1v) is 11.3. The molecular weight excluding hydrogens is 436 g/mol. The van der Waals surface area contributed by atoms with Crippen LogP contribution in [0.3, 0.4) is 0 Å². The molecule has 2 atom stereocenters. The topological polar surface area (TPSA) is 114 Å². The molecule has 1 saturated heterocycles. The molecule has 178 valence electrons. The van der Waals surface area contributed by atoms with Gasteiger partial charge >= 0.3 is 12.1 Å². The second-order valence-corrected chi connectivity index (χ2v) is 8.53. The van der Waals surface area contributed by atoms with Crippen LogP contribution in [-0.4, -0.2) is 55.5 Å². The minimum atomic E-state index is -0.885. The molecule has 0 spiro atoms. The van der Waals surface area contributed by atoms with Gasteiger partial charge in [-0.15, -0.1) is 0 Å². The van der Waals surface area contributed by atoms with E-state index in [9.17, 15) is 14.4 Å². The number of carbonyl (C=O) groups is 3. The number of nitrogens with one attached hydrogen (secondary N) is 2. The highest BCUT2D eigenvalue weighted by molar-refractivity contribution is 5.92. The number of fused-ring (bicyclic) bond motifs is 3. The molecule has 4 rings (SSSR count). The van der Waals surface area contributed by atoms with Gasteiger partial charge in [0.25, 0.3) is 0 Å². The number of aliphatic carboxylic acids is 1. The summed E-state index contributed by atoms with van der Waals surface area (Å²) in [6.45, 7) is 2.42. The lowest BCUT2D eigenvalue weighted by Gasteiger charge is -2.14. The van der Waals surface area contributed by atoms with E-state index in [1.54, 1.807) is 13.0 Å². The Morgan fingerprint density at radius 3 is 2.32 bits per heavy atom. The maximum atomic E-state index is 12.2. The Morgan fingerprint density at radius 2 is 1.71 bits per heavy atom. The average Bonchev–Trinajstić information content (AvgIpc) is 3.44. The predicted molar refractivity (Wildman–Crippen MR) is 125 cm³/mol. The number of rotatable bonds is 8. The Hall–Kier alpha value is -3.65. The summed E-state index contributed by atoms with van der Waals surface area (Å²) in [7, 11) is 0. The van der Waals surface area contributed by atoms with Crippen LogP contribution in [0.1, 0.15) is 30.4 Å². The normalized spacial score (nSPS) is 19.3. The van der Waals surface area contributed by atoms with Crippen LogP contribution in [-0.2, 0) is 19.1 Å². The van der Waals surface area contributed by atoms with E-state index in [0.29, 0.717) is 12.0 Å².